The number of aryl methyl sites for hydroxylation is 2. The zero-order chi connectivity index (χ0) is 14.9. The largest absolute Gasteiger partial charge is 0.477 e. The first kappa shape index (κ1) is 14.0. The van der Waals surface area contributed by atoms with Gasteiger partial charge in [0.2, 0.25) is 6.10 Å². The van der Waals surface area contributed by atoms with Gasteiger partial charge in [-0.05, 0) is 37.1 Å². The Balaban J connectivity index is 2.12. The van der Waals surface area contributed by atoms with Crippen molar-refractivity contribution in [3.05, 3.63) is 29.3 Å². The van der Waals surface area contributed by atoms with Crippen molar-refractivity contribution in [1.82, 2.24) is 0 Å². The molecule has 0 aromatic heterocycles. The Labute approximate surface area is 116 Å². The van der Waals surface area contributed by atoms with Crippen molar-refractivity contribution in [3.8, 4) is 0 Å². The Morgan fingerprint density at radius 1 is 1.30 bits per heavy atom. The van der Waals surface area contributed by atoms with Crippen molar-refractivity contribution in [2.24, 2.45) is 5.16 Å². The molecule has 1 unspecified atom stereocenters. The summed E-state index contributed by atoms with van der Waals surface area (Å²) in [6.45, 7) is 3.90. The number of rotatable bonds is 3. The molecule has 0 bridgehead atoms. The van der Waals surface area contributed by atoms with Crippen LogP contribution in [0, 0.1) is 13.8 Å². The van der Waals surface area contributed by atoms with E-state index in [1.54, 1.807) is 7.05 Å². The second-order valence-electron chi connectivity index (χ2n) is 4.88. The Morgan fingerprint density at radius 3 is 2.40 bits per heavy atom. The number of anilines is 1. The highest BCUT2D eigenvalue weighted by Crippen LogP contribution is 2.21. The zero-order valence-electron chi connectivity index (χ0n) is 11.6. The average Bonchev–Trinajstić information content (AvgIpc) is 2.85. The lowest BCUT2D eigenvalue weighted by Gasteiger charge is -2.20. The lowest BCUT2D eigenvalue weighted by atomic mass is 10.1. The third kappa shape index (κ3) is 2.79. The first-order chi connectivity index (χ1) is 9.38. The van der Waals surface area contributed by atoms with Gasteiger partial charge in [-0.2, -0.15) is 0 Å². The molecule has 106 valence electrons. The van der Waals surface area contributed by atoms with Crippen LogP contribution in [0.15, 0.2) is 23.4 Å². The summed E-state index contributed by atoms with van der Waals surface area (Å²) >= 11 is 0. The second kappa shape index (κ2) is 5.32. The highest BCUT2D eigenvalue weighted by Gasteiger charge is 2.33. The van der Waals surface area contributed by atoms with Crippen molar-refractivity contribution in [3.63, 3.8) is 0 Å². The number of carboxylic acid groups (broad SMARTS) is 1. The molecule has 1 heterocycles. The Morgan fingerprint density at radius 2 is 1.90 bits per heavy atom. The minimum Gasteiger partial charge on any atom is -0.477 e. The number of carbonyl (C=O) groups is 2. The van der Waals surface area contributed by atoms with E-state index in [-0.39, 0.29) is 18.0 Å². The summed E-state index contributed by atoms with van der Waals surface area (Å²) < 4.78 is 0. The van der Waals surface area contributed by atoms with Crippen LogP contribution in [-0.4, -0.2) is 35.8 Å². The standard InChI is InChI=1S/C14H16N2O4/c1-8-4-9(2)6-10(5-8)16(3)13(17)12-7-11(14(18)19)15-20-12/h4-6,12H,7H2,1-3H3,(H,18,19). The molecule has 0 aliphatic carbocycles. The summed E-state index contributed by atoms with van der Waals surface area (Å²) in [6, 6.07) is 5.79. The van der Waals surface area contributed by atoms with E-state index in [2.05, 4.69) is 5.16 Å². The number of carboxylic acids is 1. The zero-order valence-corrected chi connectivity index (χ0v) is 11.6. The predicted octanol–water partition coefficient (Wildman–Crippen LogP) is 1.50. The molecule has 1 amide bonds. The van der Waals surface area contributed by atoms with E-state index in [0.29, 0.717) is 0 Å². The van der Waals surface area contributed by atoms with E-state index in [1.807, 2.05) is 32.0 Å². The van der Waals surface area contributed by atoms with Gasteiger partial charge >= 0.3 is 5.97 Å². The van der Waals surface area contributed by atoms with Gasteiger partial charge in [0.25, 0.3) is 5.91 Å². The number of benzene rings is 1. The van der Waals surface area contributed by atoms with Crippen molar-refractivity contribution < 1.29 is 19.5 Å². The fourth-order valence-corrected chi connectivity index (χ4v) is 2.12. The second-order valence-corrected chi connectivity index (χ2v) is 4.88. The molecular weight excluding hydrogens is 260 g/mol. The number of carbonyl (C=O) groups excluding carboxylic acids is 1. The van der Waals surface area contributed by atoms with Crippen LogP contribution in [-0.2, 0) is 14.4 Å². The average molecular weight is 276 g/mol. The van der Waals surface area contributed by atoms with E-state index in [1.165, 1.54) is 4.90 Å². The number of nitrogens with zero attached hydrogens (tertiary/aromatic N) is 2. The van der Waals surface area contributed by atoms with Crippen LogP contribution >= 0.6 is 0 Å². The fourth-order valence-electron chi connectivity index (χ4n) is 2.12. The third-order valence-electron chi connectivity index (χ3n) is 3.12. The molecule has 0 saturated heterocycles. The number of hydrogen-bond acceptors (Lipinski definition) is 4. The maximum Gasteiger partial charge on any atom is 0.353 e. The van der Waals surface area contributed by atoms with Crippen molar-refractivity contribution >= 4 is 23.3 Å². The smallest absolute Gasteiger partial charge is 0.353 e. The van der Waals surface area contributed by atoms with Crippen molar-refractivity contribution in [1.29, 1.82) is 0 Å². The van der Waals surface area contributed by atoms with Gasteiger partial charge in [-0.3, -0.25) is 4.79 Å². The van der Waals surface area contributed by atoms with Crippen LogP contribution < -0.4 is 4.90 Å². The van der Waals surface area contributed by atoms with E-state index < -0.39 is 12.1 Å². The van der Waals surface area contributed by atoms with Gasteiger partial charge in [-0.1, -0.05) is 11.2 Å². The molecule has 1 aromatic rings. The van der Waals surface area contributed by atoms with Crippen LogP contribution in [0.25, 0.3) is 0 Å². The topological polar surface area (TPSA) is 79.2 Å². The quantitative estimate of drug-likeness (QED) is 0.907. The van der Waals surface area contributed by atoms with Gasteiger partial charge in [-0.25, -0.2) is 4.79 Å². The van der Waals surface area contributed by atoms with Crippen LogP contribution in [0.5, 0.6) is 0 Å². The molecule has 1 aliphatic heterocycles. The minimum absolute atomic E-state index is 0.0106. The first-order valence-electron chi connectivity index (χ1n) is 6.20. The normalized spacial score (nSPS) is 17.4. The molecule has 1 aromatic carbocycles. The van der Waals surface area contributed by atoms with Crippen LogP contribution in [0.1, 0.15) is 17.5 Å². The van der Waals surface area contributed by atoms with Crippen LogP contribution in [0.3, 0.4) is 0 Å². The number of likely N-dealkylation sites (N-methyl/N-ethyl adjacent to an activating group) is 1. The van der Waals surface area contributed by atoms with Gasteiger partial charge in [-0.15, -0.1) is 0 Å². The van der Waals surface area contributed by atoms with Gasteiger partial charge in [0.1, 0.15) is 0 Å². The lowest BCUT2D eigenvalue weighted by molar-refractivity contribution is -0.129. The molecule has 20 heavy (non-hydrogen) atoms. The Bertz CT molecular complexity index is 575. The maximum atomic E-state index is 12.3. The fraction of sp³-hybridized carbons (Fsp3) is 0.357. The summed E-state index contributed by atoms with van der Waals surface area (Å²) in [7, 11) is 1.64. The van der Waals surface area contributed by atoms with E-state index >= 15 is 0 Å². The summed E-state index contributed by atoms with van der Waals surface area (Å²) in [4.78, 5) is 29.4. The minimum atomic E-state index is -1.16. The molecule has 2 rings (SSSR count). The predicted molar refractivity (Wildman–Crippen MR) is 73.9 cm³/mol. The monoisotopic (exact) mass is 276 g/mol. The van der Waals surface area contributed by atoms with Gasteiger partial charge in [0, 0.05) is 19.2 Å². The van der Waals surface area contributed by atoms with Crippen molar-refractivity contribution in [2.75, 3.05) is 11.9 Å². The summed E-state index contributed by atoms with van der Waals surface area (Å²) in [6.07, 6.45) is -0.879. The summed E-state index contributed by atoms with van der Waals surface area (Å²) in [5.74, 6) is -1.47. The van der Waals surface area contributed by atoms with E-state index in [0.717, 1.165) is 16.8 Å². The highest BCUT2D eigenvalue weighted by atomic mass is 16.6. The van der Waals surface area contributed by atoms with Gasteiger partial charge in [0.05, 0.1) is 0 Å². The van der Waals surface area contributed by atoms with Gasteiger partial charge < -0.3 is 14.8 Å². The third-order valence-corrected chi connectivity index (χ3v) is 3.12. The van der Waals surface area contributed by atoms with E-state index in [4.69, 9.17) is 9.94 Å². The molecular formula is C14H16N2O4. The van der Waals surface area contributed by atoms with Crippen molar-refractivity contribution in [2.45, 2.75) is 26.4 Å². The van der Waals surface area contributed by atoms with E-state index in [9.17, 15) is 9.59 Å². The molecule has 1 aliphatic rings. The van der Waals surface area contributed by atoms with Crippen LogP contribution in [0.2, 0.25) is 0 Å². The first-order valence-corrected chi connectivity index (χ1v) is 6.20. The molecule has 0 saturated carbocycles. The number of hydrogen-bond donors (Lipinski definition) is 1. The number of aliphatic carboxylic acids is 1. The summed E-state index contributed by atoms with van der Waals surface area (Å²) in [5, 5.41) is 12.2. The maximum absolute atomic E-state index is 12.3. The SMILES string of the molecule is Cc1cc(C)cc(N(C)C(=O)C2CC(C(=O)O)=NO2)c1. The molecule has 1 atom stereocenters. The highest BCUT2D eigenvalue weighted by molar-refractivity contribution is 6.36. The molecule has 1 N–H and O–H groups in total. The Hall–Kier alpha value is -2.37. The number of amides is 1. The molecule has 0 fully saturated rings. The Kier molecular flexibility index (Phi) is 3.74. The lowest BCUT2D eigenvalue weighted by Crippen LogP contribution is -2.37. The number of oxime groups is 1. The van der Waals surface area contributed by atoms with Crippen LogP contribution in [0.4, 0.5) is 5.69 Å². The molecule has 6 heteroatoms. The summed E-state index contributed by atoms with van der Waals surface area (Å²) in [5.41, 5.74) is 2.72. The van der Waals surface area contributed by atoms with Gasteiger partial charge in [0.15, 0.2) is 5.71 Å². The molecule has 0 radical (unpaired) electrons. The molecule has 6 nitrogen and oxygen atoms in total. The molecule has 0 spiro atoms.